The van der Waals surface area contributed by atoms with E-state index in [2.05, 4.69) is 50.3 Å². The lowest BCUT2D eigenvalue weighted by Gasteiger charge is -2.08. The third kappa shape index (κ3) is 3.01. The van der Waals surface area contributed by atoms with Crippen LogP contribution in [0.1, 0.15) is 0 Å². The van der Waals surface area contributed by atoms with Crippen LogP contribution in [0.25, 0.3) is 44.8 Å². The Labute approximate surface area is 162 Å². The number of fused-ring (bicyclic) bond motifs is 1. The first-order valence-electron chi connectivity index (χ1n) is 9.07. The van der Waals surface area contributed by atoms with Crippen molar-refractivity contribution in [1.82, 2.24) is 19.9 Å². The van der Waals surface area contributed by atoms with Gasteiger partial charge in [-0.25, -0.2) is 15.0 Å². The van der Waals surface area contributed by atoms with E-state index in [1.54, 1.807) is 6.33 Å². The van der Waals surface area contributed by atoms with Crippen LogP contribution in [0.15, 0.2) is 97.5 Å². The molecule has 0 N–H and O–H groups in total. The minimum Gasteiger partial charge on any atom is -0.256 e. The van der Waals surface area contributed by atoms with Crippen LogP contribution in [-0.4, -0.2) is 19.9 Å². The summed E-state index contributed by atoms with van der Waals surface area (Å²) in [5.41, 5.74) is 5.24. The Morgan fingerprint density at radius 2 is 1.14 bits per heavy atom. The number of benzene rings is 3. The molecule has 5 rings (SSSR count). The maximum Gasteiger partial charge on any atom is 0.163 e. The van der Waals surface area contributed by atoms with Gasteiger partial charge in [-0.05, 0) is 23.3 Å². The summed E-state index contributed by atoms with van der Waals surface area (Å²) in [7, 11) is 0. The van der Waals surface area contributed by atoms with Gasteiger partial charge in [-0.2, -0.15) is 0 Å². The summed E-state index contributed by atoms with van der Waals surface area (Å²) in [5, 5.41) is 1.14. The van der Waals surface area contributed by atoms with Crippen molar-refractivity contribution >= 4 is 10.9 Å². The Hall–Kier alpha value is -3.92. The first-order valence-corrected chi connectivity index (χ1v) is 9.07. The second-order valence-electron chi connectivity index (χ2n) is 6.45. The maximum absolute atomic E-state index is 4.63. The van der Waals surface area contributed by atoms with Gasteiger partial charge < -0.3 is 0 Å². The molecule has 0 amide bonds. The average molecular weight is 360 g/mol. The van der Waals surface area contributed by atoms with Crippen LogP contribution in [0.4, 0.5) is 0 Å². The van der Waals surface area contributed by atoms with E-state index < -0.39 is 0 Å². The molecule has 3 aromatic carbocycles. The lowest BCUT2D eigenvalue weighted by molar-refractivity contribution is 1.07. The van der Waals surface area contributed by atoms with Crippen LogP contribution >= 0.6 is 0 Å². The largest absolute Gasteiger partial charge is 0.256 e. The number of aromatic nitrogens is 4. The standard InChI is InChI=1S/C24H16N4/c1-2-6-18(7-3-1)23-26-16-27-24(28-23)19-12-10-17(11-13-19)20-14-15-25-22-9-5-4-8-21(20)22/h1-16H. The van der Waals surface area contributed by atoms with E-state index in [-0.39, 0.29) is 0 Å². The van der Waals surface area contributed by atoms with Crippen molar-refractivity contribution in [2.45, 2.75) is 0 Å². The van der Waals surface area contributed by atoms with Gasteiger partial charge >= 0.3 is 0 Å². The van der Waals surface area contributed by atoms with Crippen molar-refractivity contribution < 1.29 is 0 Å². The van der Waals surface area contributed by atoms with Gasteiger partial charge in [-0.1, -0.05) is 72.8 Å². The minimum absolute atomic E-state index is 0.667. The molecule has 0 saturated carbocycles. The molecule has 2 heterocycles. The van der Waals surface area contributed by atoms with Crippen LogP contribution in [0.3, 0.4) is 0 Å². The van der Waals surface area contributed by atoms with E-state index in [0.717, 1.165) is 33.2 Å². The molecule has 5 aromatic rings. The molecular formula is C24H16N4. The Morgan fingerprint density at radius 1 is 0.500 bits per heavy atom. The topological polar surface area (TPSA) is 51.6 Å². The second kappa shape index (κ2) is 7.00. The summed E-state index contributed by atoms with van der Waals surface area (Å²) in [6.07, 6.45) is 3.42. The van der Waals surface area contributed by atoms with Gasteiger partial charge in [0.2, 0.25) is 0 Å². The van der Waals surface area contributed by atoms with E-state index in [9.17, 15) is 0 Å². The van der Waals surface area contributed by atoms with E-state index >= 15 is 0 Å². The number of nitrogens with zero attached hydrogens (tertiary/aromatic N) is 4. The Kier molecular flexibility index (Phi) is 4.07. The first kappa shape index (κ1) is 16.3. The van der Waals surface area contributed by atoms with Crippen LogP contribution in [-0.2, 0) is 0 Å². The molecule has 0 bridgehead atoms. The quantitative estimate of drug-likeness (QED) is 0.431. The fourth-order valence-corrected chi connectivity index (χ4v) is 3.31. The van der Waals surface area contributed by atoms with Crippen LogP contribution in [0, 0.1) is 0 Å². The van der Waals surface area contributed by atoms with Crippen LogP contribution in [0.5, 0.6) is 0 Å². The lowest BCUT2D eigenvalue weighted by Crippen LogP contribution is -1.95. The van der Waals surface area contributed by atoms with Gasteiger partial charge in [-0.3, -0.25) is 4.98 Å². The molecule has 0 aliphatic rings. The third-order valence-corrected chi connectivity index (χ3v) is 4.71. The van der Waals surface area contributed by atoms with E-state index in [0.29, 0.717) is 11.6 Å². The number of hydrogen-bond acceptors (Lipinski definition) is 4. The van der Waals surface area contributed by atoms with Gasteiger partial charge in [0.25, 0.3) is 0 Å². The fraction of sp³-hybridized carbons (Fsp3) is 0. The van der Waals surface area contributed by atoms with Gasteiger partial charge in [0.05, 0.1) is 5.52 Å². The molecule has 0 atom stereocenters. The summed E-state index contributed by atoms with van der Waals surface area (Å²) in [6.45, 7) is 0. The van der Waals surface area contributed by atoms with Crippen LogP contribution < -0.4 is 0 Å². The number of rotatable bonds is 3. The van der Waals surface area contributed by atoms with Gasteiger partial charge in [0.15, 0.2) is 11.6 Å². The van der Waals surface area contributed by atoms with Crippen molar-refractivity contribution in [2.24, 2.45) is 0 Å². The SMILES string of the molecule is c1ccc(-c2ncnc(-c3ccc(-c4ccnc5ccccc45)cc3)n2)cc1. The normalized spacial score (nSPS) is 10.9. The van der Waals surface area contributed by atoms with E-state index in [4.69, 9.17) is 0 Å². The van der Waals surface area contributed by atoms with Crippen molar-refractivity contribution in [3.63, 3.8) is 0 Å². The molecule has 0 aliphatic heterocycles. The highest BCUT2D eigenvalue weighted by Gasteiger charge is 2.08. The van der Waals surface area contributed by atoms with E-state index in [1.165, 1.54) is 0 Å². The molecule has 0 unspecified atom stereocenters. The zero-order chi connectivity index (χ0) is 18.8. The van der Waals surface area contributed by atoms with Crippen molar-refractivity contribution in [3.8, 4) is 33.9 Å². The summed E-state index contributed by atoms with van der Waals surface area (Å²) in [4.78, 5) is 17.7. The Morgan fingerprint density at radius 3 is 1.93 bits per heavy atom. The highest BCUT2D eigenvalue weighted by molar-refractivity contribution is 5.94. The summed E-state index contributed by atoms with van der Waals surface area (Å²) < 4.78 is 0. The minimum atomic E-state index is 0.667. The van der Waals surface area contributed by atoms with Crippen LogP contribution in [0.2, 0.25) is 0 Å². The van der Waals surface area contributed by atoms with Crippen molar-refractivity contribution in [1.29, 1.82) is 0 Å². The summed E-state index contributed by atoms with van der Waals surface area (Å²) >= 11 is 0. The Bertz CT molecular complexity index is 1240. The number of hydrogen-bond donors (Lipinski definition) is 0. The summed E-state index contributed by atoms with van der Waals surface area (Å²) in [5.74, 6) is 1.34. The average Bonchev–Trinajstić information content (AvgIpc) is 2.79. The zero-order valence-electron chi connectivity index (χ0n) is 15.0. The second-order valence-corrected chi connectivity index (χ2v) is 6.45. The number of para-hydroxylation sites is 1. The molecule has 0 aliphatic carbocycles. The molecule has 4 heteroatoms. The number of pyridine rings is 1. The highest BCUT2D eigenvalue weighted by Crippen LogP contribution is 2.29. The molecule has 0 fully saturated rings. The predicted molar refractivity (Wildman–Crippen MR) is 111 cm³/mol. The zero-order valence-corrected chi connectivity index (χ0v) is 15.0. The molecule has 0 radical (unpaired) electrons. The van der Waals surface area contributed by atoms with Gasteiger partial charge in [-0.15, -0.1) is 0 Å². The fourth-order valence-electron chi connectivity index (χ4n) is 3.31. The Balaban J connectivity index is 1.52. The molecule has 4 nitrogen and oxygen atoms in total. The van der Waals surface area contributed by atoms with E-state index in [1.807, 2.05) is 60.8 Å². The lowest BCUT2D eigenvalue weighted by atomic mass is 10.00. The highest BCUT2D eigenvalue weighted by atomic mass is 15.0. The first-order chi connectivity index (χ1) is 13.9. The molecule has 28 heavy (non-hydrogen) atoms. The smallest absolute Gasteiger partial charge is 0.163 e. The van der Waals surface area contributed by atoms with Crippen molar-refractivity contribution in [3.05, 3.63) is 97.5 Å². The van der Waals surface area contributed by atoms with Gasteiger partial charge in [0.1, 0.15) is 6.33 Å². The maximum atomic E-state index is 4.63. The van der Waals surface area contributed by atoms with Gasteiger partial charge in [0, 0.05) is 22.7 Å². The monoisotopic (exact) mass is 360 g/mol. The molecule has 0 spiro atoms. The molecular weight excluding hydrogens is 344 g/mol. The summed E-state index contributed by atoms with van der Waals surface area (Å²) in [6, 6.07) is 28.5. The van der Waals surface area contributed by atoms with Crippen molar-refractivity contribution in [2.75, 3.05) is 0 Å². The molecule has 2 aromatic heterocycles. The molecule has 0 saturated heterocycles. The molecule has 132 valence electrons. The third-order valence-electron chi connectivity index (χ3n) is 4.71. The predicted octanol–water partition coefficient (Wildman–Crippen LogP) is 5.42.